The molecule has 1 aromatic heterocycles. The van der Waals surface area contributed by atoms with E-state index in [2.05, 4.69) is 26.6 Å². The summed E-state index contributed by atoms with van der Waals surface area (Å²) in [5.41, 5.74) is 4.08. The van der Waals surface area contributed by atoms with Crippen LogP contribution in [0.4, 0.5) is 11.4 Å². The van der Waals surface area contributed by atoms with Gasteiger partial charge in [0, 0.05) is 22.6 Å². The molecule has 3 N–H and O–H groups in total. The predicted octanol–water partition coefficient (Wildman–Crippen LogP) is 5.87. The number of carboxylic acid groups (broad SMARTS) is 1. The Balaban J connectivity index is 1.68. The number of aromatic nitrogens is 1. The van der Waals surface area contributed by atoms with Crippen molar-refractivity contribution in [3.05, 3.63) is 94.1 Å². The van der Waals surface area contributed by atoms with Gasteiger partial charge in [-0.1, -0.05) is 52.3 Å². The third kappa shape index (κ3) is 4.24. The van der Waals surface area contributed by atoms with E-state index in [9.17, 15) is 9.59 Å². The molecule has 4 rings (SSSR count). The van der Waals surface area contributed by atoms with Gasteiger partial charge in [0.2, 0.25) is 0 Å². The fourth-order valence-electron chi connectivity index (χ4n) is 3.76. The molecule has 0 saturated heterocycles. The van der Waals surface area contributed by atoms with Gasteiger partial charge in [-0.2, -0.15) is 0 Å². The standard InChI is InChI=1S/C25H22BrN3O3/c1-15(16-10-12-17(13-11-16)25(31)32)27-24(30)23-22(28-19-7-5-6-18(26)14-19)20-8-3-4-9-21(20)29(23)2/h3-15,28H,1-2H3,(H,27,30)(H,31,32)/t15-/m0/s1. The van der Waals surface area contributed by atoms with Crippen molar-refractivity contribution in [1.82, 2.24) is 9.88 Å². The van der Waals surface area contributed by atoms with Crippen LogP contribution < -0.4 is 10.6 Å². The van der Waals surface area contributed by atoms with Gasteiger partial charge in [0.25, 0.3) is 5.91 Å². The Morgan fingerprint density at radius 2 is 1.72 bits per heavy atom. The maximum absolute atomic E-state index is 13.4. The van der Waals surface area contributed by atoms with E-state index < -0.39 is 5.97 Å². The average Bonchev–Trinajstić information content (AvgIpc) is 3.05. The lowest BCUT2D eigenvalue weighted by Crippen LogP contribution is -2.29. The summed E-state index contributed by atoms with van der Waals surface area (Å²) >= 11 is 3.49. The molecule has 162 valence electrons. The molecule has 4 aromatic rings. The monoisotopic (exact) mass is 491 g/mol. The third-order valence-electron chi connectivity index (χ3n) is 5.42. The van der Waals surface area contributed by atoms with Crippen LogP contribution in [0.2, 0.25) is 0 Å². The summed E-state index contributed by atoms with van der Waals surface area (Å²) in [7, 11) is 1.87. The van der Waals surface area contributed by atoms with Crippen LogP contribution in [0.25, 0.3) is 10.9 Å². The average molecular weight is 492 g/mol. The Labute approximate surface area is 194 Å². The molecule has 0 spiro atoms. The van der Waals surface area contributed by atoms with Gasteiger partial charge in [-0.3, -0.25) is 4.79 Å². The van der Waals surface area contributed by atoms with Crippen LogP contribution in [-0.2, 0) is 7.05 Å². The minimum atomic E-state index is -0.980. The van der Waals surface area contributed by atoms with E-state index in [-0.39, 0.29) is 17.5 Å². The second-order valence-electron chi connectivity index (χ2n) is 7.56. The van der Waals surface area contributed by atoms with Crippen LogP contribution in [0.3, 0.4) is 0 Å². The maximum atomic E-state index is 13.4. The van der Waals surface area contributed by atoms with E-state index in [1.807, 2.05) is 67.1 Å². The smallest absolute Gasteiger partial charge is 0.335 e. The van der Waals surface area contributed by atoms with E-state index >= 15 is 0 Å². The van der Waals surface area contributed by atoms with E-state index in [1.165, 1.54) is 12.1 Å². The molecule has 1 heterocycles. The minimum absolute atomic E-state index is 0.210. The van der Waals surface area contributed by atoms with Gasteiger partial charge in [-0.15, -0.1) is 0 Å². The van der Waals surface area contributed by atoms with Crippen molar-refractivity contribution in [2.45, 2.75) is 13.0 Å². The zero-order valence-electron chi connectivity index (χ0n) is 17.6. The molecule has 0 saturated carbocycles. The van der Waals surface area contributed by atoms with Gasteiger partial charge in [0.1, 0.15) is 5.69 Å². The highest BCUT2D eigenvalue weighted by Crippen LogP contribution is 2.33. The normalized spacial score (nSPS) is 11.8. The van der Waals surface area contributed by atoms with Crippen LogP contribution in [0.1, 0.15) is 39.4 Å². The molecule has 32 heavy (non-hydrogen) atoms. The first-order valence-corrected chi connectivity index (χ1v) is 10.9. The molecule has 0 aliphatic heterocycles. The van der Waals surface area contributed by atoms with E-state index in [4.69, 9.17) is 5.11 Å². The van der Waals surface area contributed by atoms with Gasteiger partial charge < -0.3 is 20.3 Å². The summed E-state index contributed by atoms with van der Waals surface area (Å²) in [5, 5.41) is 16.5. The molecule has 0 unspecified atom stereocenters. The number of carbonyl (C=O) groups is 2. The zero-order chi connectivity index (χ0) is 22.8. The Morgan fingerprint density at radius 1 is 1.00 bits per heavy atom. The summed E-state index contributed by atoms with van der Waals surface area (Å²) in [5.74, 6) is -1.21. The summed E-state index contributed by atoms with van der Waals surface area (Å²) in [4.78, 5) is 24.5. The van der Waals surface area contributed by atoms with Crippen LogP contribution >= 0.6 is 15.9 Å². The molecule has 7 heteroatoms. The number of aryl methyl sites for hydroxylation is 1. The number of para-hydroxylation sites is 1. The van der Waals surface area contributed by atoms with Crippen molar-refractivity contribution in [2.75, 3.05) is 5.32 Å². The fourth-order valence-corrected chi connectivity index (χ4v) is 4.16. The highest BCUT2D eigenvalue weighted by molar-refractivity contribution is 9.10. The number of nitrogens with zero attached hydrogens (tertiary/aromatic N) is 1. The quantitative estimate of drug-likeness (QED) is 0.314. The Hall–Kier alpha value is -3.58. The topological polar surface area (TPSA) is 83.4 Å². The number of hydrogen-bond acceptors (Lipinski definition) is 3. The highest BCUT2D eigenvalue weighted by Gasteiger charge is 2.23. The van der Waals surface area contributed by atoms with Crippen molar-refractivity contribution >= 4 is 50.1 Å². The van der Waals surface area contributed by atoms with Crippen molar-refractivity contribution in [3.8, 4) is 0 Å². The lowest BCUT2D eigenvalue weighted by molar-refractivity contribution is 0.0696. The number of benzene rings is 3. The maximum Gasteiger partial charge on any atom is 0.335 e. The Bertz CT molecular complexity index is 1310. The number of carbonyl (C=O) groups excluding carboxylic acids is 1. The zero-order valence-corrected chi connectivity index (χ0v) is 19.2. The van der Waals surface area contributed by atoms with E-state index in [1.54, 1.807) is 12.1 Å². The molecule has 1 amide bonds. The number of halogens is 1. The van der Waals surface area contributed by atoms with Gasteiger partial charge in [0.15, 0.2) is 0 Å². The first-order valence-electron chi connectivity index (χ1n) is 10.1. The van der Waals surface area contributed by atoms with Crippen LogP contribution in [0.5, 0.6) is 0 Å². The molecule has 0 aliphatic rings. The van der Waals surface area contributed by atoms with E-state index in [0.717, 1.165) is 32.3 Å². The lowest BCUT2D eigenvalue weighted by Gasteiger charge is -2.16. The molecule has 0 radical (unpaired) electrons. The molecule has 0 aliphatic carbocycles. The second-order valence-corrected chi connectivity index (χ2v) is 8.47. The summed E-state index contributed by atoms with van der Waals surface area (Å²) < 4.78 is 2.82. The van der Waals surface area contributed by atoms with Gasteiger partial charge in [0.05, 0.1) is 22.8 Å². The van der Waals surface area contributed by atoms with Crippen LogP contribution in [0, 0.1) is 0 Å². The number of rotatable bonds is 6. The summed E-state index contributed by atoms with van der Waals surface area (Å²) in [6.45, 7) is 1.87. The van der Waals surface area contributed by atoms with Crippen molar-refractivity contribution in [3.63, 3.8) is 0 Å². The van der Waals surface area contributed by atoms with E-state index in [0.29, 0.717) is 5.69 Å². The van der Waals surface area contributed by atoms with Crippen molar-refractivity contribution < 1.29 is 14.7 Å². The molecular formula is C25H22BrN3O3. The van der Waals surface area contributed by atoms with Crippen molar-refractivity contribution in [1.29, 1.82) is 0 Å². The first kappa shape index (κ1) is 21.6. The lowest BCUT2D eigenvalue weighted by atomic mass is 10.1. The number of aromatic carboxylic acids is 1. The van der Waals surface area contributed by atoms with Gasteiger partial charge >= 0.3 is 5.97 Å². The molecule has 0 bridgehead atoms. The molecule has 3 aromatic carbocycles. The number of amides is 1. The number of fused-ring (bicyclic) bond motifs is 1. The number of hydrogen-bond donors (Lipinski definition) is 3. The number of nitrogens with one attached hydrogen (secondary N) is 2. The first-order chi connectivity index (χ1) is 15.3. The van der Waals surface area contributed by atoms with Crippen LogP contribution in [0.15, 0.2) is 77.3 Å². The Kier molecular flexibility index (Phi) is 6.01. The largest absolute Gasteiger partial charge is 0.478 e. The number of carboxylic acids is 1. The van der Waals surface area contributed by atoms with Crippen LogP contribution in [-0.4, -0.2) is 21.6 Å². The summed E-state index contributed by atoms with van der Waals surface area (Å²) in [6.07, 6.45) is 0. The second kappa shape index (κ2) is 8.88. The highest BCUT2D eigenvalue weighted by atomic mass is 79.9. The van der Waals surface area contributed by atoms with Crippen molar-refractivity contribution in [2.24, 2.45) is 7.05 Å². The third-order valence-corrected chi connectivity index (χ3v) is 5.91. The Morgan fingerprint density at radius 3 is 2.41 bits per heavy atom. The predicted molar refractivity (Wildman–Crippen MR) is 130 cm³/mol. The van der Waals surface area contributed by atoms with Gasteiger partial charge in [-0.05, 0) is 48.9 Å². The SMILES string of the molecule is C[C@H](NC(=O)c1c(Nc2cccc(Br)c2)c2ccccc2n1C)c1ccc(C(=O)O)cc1. The molecule has 0 fully saturated rings. The van der Waals surface area contributed by atoms with Gasteiger partial charge in [-0.25, -0.2) is 4.79 Å². The molecule has 6 nitrogen and oxygen atoms in total. The fraction of sp³-hybridized carbons (Fsp3) is 0.120. The molecule has 1 atom stereocenters. The minimum Gasteiger partial charge on any atom is -0.478 e. The molecular weight excluding hydrogens is 470 g/mol. The number of anilines is 2. The summed E-state index contributed by atoms with van der Waals surface area (Å²) in [6, 6.07) is 21.8.